The molecule has 0 spiro atoms. The molecule has 2 heterocycles. The van der Waals surface area contributed by atoms with Gasteiger partial charge in [-0.1, -0.05) is 18.2 Å². The minimum absolute atomic E-state index is 0.0403. The number of rotatable bonds is 5. The van der Waals surface area contributed by atoms with E-state index in [1.807, 2.05) is 30.3 Å². The Morgan fingerprint density at radius 1 is 1.18 bits per heavy atom. The number of hydrogen-bond acceptors (Lipinski definition) is 7. The molecule has 10 heteroatoms. The van der Waals surface area contributed by atoms with Gasteiger partial charge in [0, 0.05) is 23.1 Å². The summed E-state index contributed by atoms with van der Waals surface area (Å²) in [5, 5.41) is 11.5. The van der Waals surface area contributed by atoms with Crippen LogP contribution < -0.4 is 13.6 Å². The minimum Gasteiger partial charge on any atom is -0.472 e. The summed E-state index contributed by atoms with van der Waals surface area (Å²) in [7, 11) is -4.21. The van der Waals surface area contributed by atoms with Crippen LogP contribution >= 0.6 is 0 Å². The zero-order valence-corrected chi connectivity index (χ0v) is 15.4. The predicted octanol–water partition coefficient (Wildman–Crippen LogP) is 2.88. The van der Waals surface area contributed by atoms with Crippen molar-refractivity contribution in [3.05, 3.63) is 70.3 Å². The van der Waals surface area contributed by atoms with Crippen LogP contribution in [-0.2, 0) is 10.3 Å². The minimum atomic E-state index is -4.21. The van der Waals surface area contributed by atoms with E-state index in [-0.39, 0.29) is 11.4 Å². The highest BCUT2D eigenvalue weighted by Crippen LogP contribution is 2.37. The molecule has 0 radical (unpaired) electrons. The molecular weight excluding hydrogens is 386 g/mol. The number of aromatic nitrogens is 1. The van der Waals surface area contributed by atoms with Gasteiger partial charge in [0.15, 0.2) is 0 Å². The van der Waals surface area contributed by atoms with E-state index in [0.29, 0.717) is 11.4 Å². The van der Waals surface area contributed by atoms with Gasteiger partial charge in [-0.25, -0.2) is 4.98 Å². The van der Waals surface area contributed by atoms with Gasteiger partial charge in [0.05, 0.1) is 16.5 Å². The maximum absolute atomic E-state index is 12.5. The average molecular weight is 401 g/mol. The topological polar surface area (TPSA) is 121 Å². The fraction of sp³-hybridized carbons (Fsp3) is 0.167. The molecule has 0 unspecified atom stereocenters. The van der Waals surface area contributed by atoms with Crippen molar-refractivity contribution < 1.29 is 22.3 Å². The molecule has 4 rings (SSSR count). The van der Waals surface area contributed by atoms with Crippen molar-refractivity contribution in [1.82, 2.24) is 9.71 Å². The molecule has 144 valence electrons. The van der Waals surface area contributed by atoms with Crippen molar-refractivity contribution in [1.29, 1.82) is 0 Å². The summed E-state index contributed by atoms with van der Waals surface area (Å²) in [6.07, 6.45) is -0.491. The van der Waals surface area contributed by atoms with Gasteiger partial charge in [-0.2, -0.15) is 13.1 Å². The highest BCUT2D eigenvalue weighted by Gasteiger charge is 2.36. The SMILES string of the molecule is C[C@@H]1Oc2nc3ccccc3cc2[C@H]1NS(=O)(=O)Oc1ccc([N+](=O)[O-])cc1. The standard InChI is InChI=1S/C18H15N3O6S/c1-11-17(15-10-12-4-2-3-5-16(12)19-18(15)26-11)20-28(24,25)27-14-8-6-13(7-9-14)21(22)23/h2-11,17,20H,1H3/t11-,17-/m0/s1. The van der Waals surface area contributed by atoms with Crippen LogP contribution in [0, 0.1) is 10.1 Å². The molecule has 1 N–H and O–H groups in total. The van der Waals surface area contributed by atoms with E-state index in [4.69, 9.17) is 8.92 Å². The Bertz CT molecular complexity index is 1160. The molecule has 0 amide bonds. The smallest absolute Gasteiger partial charge is 0.383 e. The van der Waals surface area contributed by atoms with E-state index >= 15 is 0 Å². The summed E-state index contributed by atoms with van der Waals surface area (Å²) < 4.78 is 38.1. The summed E-state index contributed by atoms with van der Waals surface area (Å²) in [5.74, 6) is 0.329. The van der Waals surface area contributed by atoms with Crippen LogP contribution in [0.1, 0.15) is 18.5 Å². The first-order valence-electron chi connectivity index (χ1n) is 8.35. The Morgan fingerprint density at radius 3 is 2.61 bits per heavy atom. The van der Waals surface area contributed by atoms with Gasteiger partial charge < -0.3 is 8.92 Å². The van der Waals surface area contributed by atoms with Gasteiger partial charge in [0.2, 0.25) is 5.88 Å². The highest BCUT2D eigenvalue weighted by atomic mass is 32.2. The third kappa shape index (κ3) is 3.47. The maximum atomic E-state index is 12.5. The second-order valence-electron chi connectivity index (χ2n) is 6.28. The maximum Gasteiger partial charge on any atom is 0.383 e. The number of nitrogens with zero attached hydrogens (tertiary/aromatic N) is 2. The summed E-state index contributed by atoms with van der Waals surface area (Å²) in [5.41, 5.74) is 1.20. The van der Waals surface area contributed by atoms with Gasteiger partial charge in [-0.15, -0.1) is 0 Å². The van der Waals surface area contributed by atoms with Crippen molar-refractivity contribution in [2.45, 2.75) is 19.1 Å². The van der Waals surface area contributed by atoms with Crippen LogP contribution in [0.3, 0.4) is 0 Å². The van der Waals surface area contributed by atoms with Crippen LogP contribution in [0.15, 0.2) is 54.6 Å². The quantitative estimate of drug-likeness (QED) is 0.515. The molecule has 1 aliphatic heterocycles. The Balaban J connectivity index is 1.58. The fourth-order valence-corrected chi connectivity index (χ4v) is 4.06. The highest BCUT2D eigenvalue weighted by molar-refractivity contribution is 7.85. The van der Waals surface area contributed by atoms with E-state index in [2.05, 4.69) is 9.71 Å². The molecule has 0 fully saturated rings. The van der Waals surface area contributed by atoms with Gasteiger partial charge in [-0.3, -0.25) is 10.1 Å². The lowest BCUT2D eigenvalue weighted by molar-refractivity contribution is -0.384. The van der Waals surface area contributed by atoms with Gasteiger partial charge >= 0.3 is 10.3 Å². The zero-order chi connectivity index (χ0) is 19.9. The monoisotopic (exact) mass is 401 g/mol. The number of nitro benzene ring substituents is 1. The van der Waals surface area contributed by atoms with E-state index in [1.54, 1.807) is 6.92 Å². The number of nitrogens with one attached hydrogen (secondary N) is 1. The average Bonchev–Trinajstić information content (AvgIpc) is 2.94. The predicted molar refractivity (Wildman–Crippen MR) is 100 cm³/mol. The van der Waals surface area contributed by atoms with E-state index in [1.165, 1.54) is 12.1 Å². The van der Waals surface area contributed by atoms with Crippen molar-refractivity contribution in [3.8, 4) is 11.6 Å². The molecule has 3 aromatic rings. The molecule has 0 bridgehead atoms. The zero-order valence-electron chi connectivity index (χ0n) is 14.6. The lowest BCUT2D eigenvalue weighted by Gasteiger charge is -2.16. The van der Waals surface area contributed by atoms with Gasteiger partial charge in [0.25, 0.3) is 5.69 Å². The number of pyridine rings is 1. The Kier molecular flexibility index (Phi) is 4.36. The molecule has 0 aliphatic carbocycles. The number of hydrogen-bond donors (Lipinski definition) is 1. The van der Waals surface area contributed by atoms with E-state index in [9.17, 15) is 18.5 Å². The molecule has 28 heavy (non-hydrogen) atoms. The first-order valence-corrected chi connectivity index (χ1v) is 9.76. The lowest BCUT2D eigenvalue weighted by atomic mass is 10.1. The second-order valence-corrected chi connectivity index (χ2v) is 7.59. The lowest BCUT2D eigenvalue weighted by Crippen LogP contribution is -2.36. The van der Waals surface area contributed by atoms with Crippen molar-refractivity contribution in [2.24, 2.45) is 0 Å². The molecule has 0 saturated carbocycles. The number of non-ortho nitro benzene ring substituents is 1. The number of benzene rings is 2. The Labute approximate surface area is 160 Å². The van der Waals surface area contributed by atoms with Crippen LogP contribution in [0.2, 0.25) is 0 Å². The fourth-order valence-electron chi connectivity index (χ4n) is 3.02. The van der Waals surface area contributed by atoms with E-state index < -0.39 is 27.4 Å². The van der Waals surface area contributed by atoms with Crippen LogP contribution in [0.25, 0.3) is 10.9 Å². The first-order chi connectivity index (χ1) is 13.3. The van der Waals surface area contributed by atoms with Crippen LogP contribution in [0.5, 0.6) is 11.6 Å². The molecule has 0 saturated heterocycles. The van der Waals surface area contributed by atoms with Crippen LogP contribution in [0.4, 0.5) is 5.69 Å². The number of ether oxygens (including phenoxy) is 1. The van der Waals surface area contributed by atoms with Crippen LogP contribution in [-0.4, -0.2) is 24.4 Å². The Hall–Kier alpha value is -3.24. The summed E-state index contributed by atoms with van der Waals surface area (Å²) in [6.45, 7) is 1.73. The summed E-state index contributed by atoms with van der Waals surface area (Å²) >= 11 is 0. The molecule has 1 aromatic heterocycles. The number of fused-ring (bicyclic) bond motifs is 2. The summed E-state index contributed by atoms with van der Waals surface area (Å²) in [4.78, 5) is 14.5. The van der Waals surface area contributed by atoms with Gasteiger partial charge in [-0.05, 0) is 31.2 Å². The molecular formula is C18H15N3O6S. The molecule has 2 atom stereocenters. The summed E-state index contributed by atoms with van der Waals surface area (Å²) in [6, 6.07) is 13.4. The van der Waals surface area contributed by atoms with Crippen molar-refractivity contribution >= 4 is 26.9 Å². The Morgan fingerprint density at radius 2 is 1.89 bits per heavy atom. The molecule has 2 aromatic carbocycles. The normalized spacial score (nSPS) is 18.5. The first kappa shape index (κ1) is 18.1. The second kappa shape index (κ2) is 6.73. The number of para-hydroxylation sites is 1. The third-order valence-corrected chi connectivity index (χ3v) is 5.30. The molecule has 9 nitrogen and oxygen atoms in total. The molecule has 1 aliphatic rings. The third-order valence-electron chi connectivity index (χ3n) is 4.34. The largest absolute Gasteiger partial charge is 0.472 e. The van der Waals surface area contributed by atoms with Gasteiger partial charge in [0.1, 0.15) is 11.9 Å². The van der Waals surface area contributed by atoms with E-state index in [0.717, 1.165) is 23.0 Å². The number of nitro groups is 1. The van der Waals surface area contributed by atoms with Crippen molar-refractivity contribution in [2.75, 3.05) is 0 Å². The van der Waals surface area contributed by atoms with Crippen molar-refractivity contribution in [3.63, 3.8) is 0 Å².